The van der Waals surface area contributed by atoms with Crippen molar-refractivity contribution in [3.05, 3.63) is 65.9 Å². The fourth-order valence-corrected chi connectivity index (χ4v) is 4.17. The normalized spacial score (nSPS) is 15.9. The molecular formula is C24H24N6O4. The van der Waals surface area contributed by atoms with E-state index < -0.39 is 0 Å². The molecule has 0 radical (unpaired) electrons. The summed E-state index contributed by atoms with van der Waals surface area (Å²) in [5.41, 5.74) is 3.40. The second-order valence-electron chi connectivity index (χ2n) is 8.27. The van der Waals surface area contributed by atoms with E-state index in [1.54, 1.807) is 21.7 Å². The number of nitrogens with one attached hydrogen (secondary N) is 1. The molecule has 1 atom stereocenters. The summed E-state index contributed by atoms with van der Waals surface area (Å²) in [5.74, 6) is 0.600. The summed E-state index contributed by atoms with van der Waals surface area (Å²) >= 11 is 0. The molecule has 4 heterocycles. The number of likely N-dealkylation sites (tertiary alicyclic amines) is 1. The van der Waals surface area contributed by atoms with Crippen LogP contribution in [0.1, 0.15) is 40.7 Å². The summed E-state index contributed by atoms with van der Waals surface area (Å²) in [5, 5.41) is 7.11. The van der Waals surface area contributed by atoms with Crippen LogP contribution in [0, 0.1) is 6.92 Å². The predicted molar refractivity (Wildman–Crippen MR) is 124 cm³/mol. The highest BCUT2D eigenvalue weighted by molar-refractivity contribution is 6.04. The zero-order chi connectivity index (χ0) is 23.7. The van der Waals surface area contributed by atoms with Crippen LogP contribution in [-0.4, -0.2) is 56.6 Å². The number of piperidine rings is 1. The van der Waals surface area contributed by atoms with E-state index in [0.717, 1.165) is 24.0 Å². The molecule has 0 unspecified atom stereocenters. The molecule has 0 aliphatic carbocycles. The zero-order valence-corrected chi connectivity index (χ0v) is 18.9. The van der Waals surface area contributed by atoms with E-state index in [1.165, 1.54) is 7.11 Å². The van der Waals surface area contributed by atoms with Gasteiger partial charge >= 0.3 is 6.09 Å². The third-order valence-corrected chi connectivity index (χ3v) is 6.04. The quantitative estimate of drug-likeness (QED) is 0.491. The number of aryl methyl sites for hydroxylation is 1. The topological polar surface area (TPSA) is 115 Å². The molecular weight excluding hydrogens is 436 g/mol. The number of hydrogen-bond donors (Lipinski definition) is 1. The molecule has 0 spiro atoms. The van der Waals surface area contributed by atoms with Crippen LogP contribution in [-0.2, 0) is 4.74 Å². The van der Waals surface area contributed by atoms with Gasteiger partial charge in [-0.1, -0.05) is 23.4 Å². The van der Waals surface area contributed by atoms with E-state index >= 15 is 0 Å². The van der Waals surface area contributed by atoms with Gasteiger partial charge in [-0.05, 0) is 43.5 Å². The minimum absolute atomic E-state index is 0.0473. The summed E-state index contributed by atoms with van der Waals surface area (Å²) < 4.78 is 12.1. The summed E-state index contributed by atoms with van der Waals surface area (Å²) in [6, 6.07) is 11.2. The second-order valence-corrected chi connectivity index (χ2v) is 8.27. The van der Waals surface area contributed by atoms with Crippen molar-refractivity contribution in [2.45, 2.75) is 25.7 Å². The molecule has 1 aliphatic heterocycles. The Labute approximate surface area is 195 Å². The molecule has 10 heteroatoms. The number of hydrogen-bond acceptors (Lipinski definition) is 7. The van der Waals surface area contributed by atoms with Gasteiger partial charge in [-0.25, -0.2) is 9.78 Å². The Morgan fingerprint density at radius 2 is 2.12 bits per heavy atom. The van der Waals surface area contributed by atoms with Crippen LogP contribution in [0.25, 0.3) is 17.0 Å². The number of methoxy groups -OCH3 is 1. The Balaban J connectivity index is 1.35. The number of ether oxygens (including phenoxy) is 1. The van der Waals surface area contributed by atoms with Gasteiger partial charge in [0.15, 0.2) is 0 Å². The first-order chi connectivity index (χ1) is 16.5. The van der Waals surface area contributed by atoms with Crippen LogP contribution in [0.2, 0.25) is 0 Å². The molecule has 174 valence electrons. The van der Waals surface area contributed by atoms with E-state index in [9.17, 15) is 9.59 Å². The Bertz CT molecular complexity index is 1360. The Morgan fingerprint density at radius 1 is 1.24 bits per heavy atom. The lowest BCUT2D eigenvalue weighted by atomic mass is 9.98. The fourth-order valence-electron chi connectivity index (χ4n) is 4.17. The summed E-state index contributed by atoms with van der Waals surface area (Å²) in [6.45, 7) is 3.04. The highest BCUT2D eigenvalue weighted by Gasteiger charge is 2.29. The SMILES string of the molecule is COC(=O)N1CCC[C@@H](c2nc(-c3ccc(C)c(NC(=O)c4cnc5ccccn45)c3)no2)C1. The molecule has 1 N–H and O–H groups in total. The van der Waals surface area contributed by atoms with Gasteiger partial charge in [0.05, 0.1) is 19.2 Å². The Hall–Kier alpha value is -4.21. The maximum absolute atomic E-state index is 12.9. The van der Waals surface area contributed by atoms with Gasteiger partial charge in [-0.15, -0.1) is 0 Å². The molecule has 3 aromatic heterocycles. The van der Waals surface area contributed by atoms with Crippen LogP contribution in [0.15, 0.2) is 53.3 Å². The first kappa shape index (κ1) is 21.6. The number of pyridine rings is 1. The lowest BCUT2D eigenvalue weighted by molar-refractivity contribution is 0.102. The van der Waals surface area contributed by atoms with Crippen LogP contribution < -0.4 is 5.32 Å². The molecule has 4 aromatic rings. The van der Waals surface area contributed by atoms with Gasteiger partial charge in [0.25, 0.3) is 5.91 Å². The number of benzene rings is 1. The third kappa shape index (κ3) is 4.09. The first-order valence-electron chi connectivity index (χ1n) is 11.0. The van der Waals surface area contributed by atoms with Crippen LogP contribution in [0.5, 0.6) is 0 Å². The minimum atomic E-state index is -0.352. The van der Waals surface area contributed by atoms with Crippen molar-refractivity contribution < 1.29 is 18.8 Å². The third-order valence-electron chi connectivity index (χ3n) is 6.04. The van der Waals surface area contributed by atoms with Crippen molar-refractivity contribution in [1.29, 1.82) is 0 Å². The number of aromatic nitrogens is 4. The molecule has 1 aliphatic rings. The number of fused-ring (bicyclic) bond motifs is 1. The number of imidazole rings is 1. The van der Waals surface area contributed by atoms with Gasteiger partial charge < -0.3 is 19.5 Å². The maximum atomic E-state index is 12.9. The maximum Gasteiger partial charge on any atom is 0.409 e. The minimum Gasteiger partial charge on any atom is -0.453 e. The molecule has 10 nitrogen and oxygen atoms in total. The number of carbonyl (C=O) groups excluding carboxylic acids is 2. The smallest absolute Gasteiger partial charge is 0.409 e. The molecule has 0 saturated carbocycles. The zero-order valence-electron chi connectivity index (χ0n) is 18.9. The number of carbonyl (C=O) groups is 2. The Kier molecular flexibility index (Phi) is 5.70. The van der Waals surface area contributed by atoms with Crippen molar-refractivity contribution in [1.82, 2.24) is 24.4 Å². The van der Waals surface area contributed by atoms with E-state index in [-0.39, 0.29) is 17.9 Å². The van der Waals surface area contributed by atoms with E-state index in [1.807, 2.05) is 43.3 Å². The largest absolute Gasteiger partial charge is 0.453 e. The van der Waals surface area contributed by atoms with E-state index in [4.69, 9.17) is 9.26 Å². The Morgan fingerprint density at radius 3 is 2.97 bits per heavy atom. The van der Waals surface area contributed by atoms with E-state index in [0.29, 0.717) is 41.8 Å². The van der Waals surface area contributed by atoms with Crippen molar-refractivity contribution >= 4 is 23.3 Å². The lowest BCUT2D eigenvalue weighted by Crippen LogP contribution is -2.39. The summed E-state index contributed by atoms with van der Waals surface area (Å²) in [4.78, 5) is 35.3. The highest BCUT2D eigenvalue weighted by atomic mass is 16.5. The molecule has 0 bridgehead atoms. The molecule has 2 amide bonds. The van der Waals surface area contributed by atoms with Gasteiger partial charge in [0.1, 0.15) is 11.3 Å². The molecule has 34 heavy (non-hydrogen) atoms. The number of anilines is 1. The lowest BCUT2D eigenvalue weighted by Gasteiger charge is -2.29. The predicted octanol–water partition coefficient (Wildman–Crippen LogP) is 3.89. The van der Waals surface area contributed by atoms with Gasteiger partial charge in [-0.2, -0.15) is 4.98 Å². The van der Waals surface area contributed by atoms with Crippen LogP contribution in [0.4, 0.5) is 10.5 Å². The second kappa shape index (κ2) is 8.97. The van der Waals surface area contributed by atoms with E-state index in [2.05, 4.69) is 20.4 Å². The summed E-state index contributed by atoms with van der Waals surface area (Å²) in [6.07, 6.45) is 4.69. The number of nitrogens with zero attached hydrogens (tertiary/aromatic N) is 5. The molecule has 1 saturated heterocycles. The van der Waals surface area contributed by atoms with Crippen LogP contribution >= 0.6 is 0 Å². The van der Waals surface area contributed by atoms with Crippen molar-refractivity contribution in [2.24, 2.45) is 0 Å². The van der Waals surface area contributed by atoms with Crippen molar-refractivity contribution in [2.75, 3.05) is 25.5 Å². The van der Waals surface area contributed by atoms with Gasteiger partial charge in [0, 0.05) is 30.5 Å². The van der Waals surface area contributed by atoms with Crippen LogP contribution in [0.3, 0.4) is 0 Å². The van der Waals surface area contributed by atoms with Crippen molar-refractivity contribution in [3.8, 4) is 11.4 Å². The number of amides is 2. The molecule has 5 rings (SSSR count). The standard InChI is InChI=1S/C24H24N6O4/c1-15-8-9-16(12-18(15)26-22(31)19-13-25-20-7-3-4-11-30(19)20)21-27-23(34-28-21)17-6-5-10-29(14-17)24(32)33-2/h3-4,7-9,11-13,17H,5-6,10,14H2,1-2H3,(H,26,31)/t17-/m1/s1. The average Bonchev–Trinajstić information content (AvgIpc) is 3.53. The first-order valence-corrected chi connectivity index (χ1v) is 11.0. The molecule has 1 aromatic carbocycles. The average molecular weight is 460 g/mol. The van der Waals surface area contributed by atoms with Gasteiger partial charge in [0.2, 0.25) is 11.7 Å². The number of rotatable bonds is 4. The fraction of sp³-hybridized carbons (Fsp3) is 0.292. The monoisotopic (exact) mass is 460 g/mol. The summed E-state index contributed by atoms with van der Waals surface area (Å²) in [7, 11) is 1.37. The van der Waals surface area contributed by atoms with Gasteiger partial charge in [-0.3, -0.25) is 9.20 Å². The molecule has 1 fully saturated rings. The highest BCUT2D eigenvalue weighted by Crippen LogP contribution is 2.29. The van der Waals surface area contributed by atoms with Crippen molar-refractivity contribution in [3.63, 3.8) is 0 Å².